The predicted molar refractivity (Wildman–Crippen MR) is 84.4 cm³/mol. The van der Waals surface area contributed by atoms with Crippen molar-refractivity contribution in [3.63, 3.8) is 0 Å². The maximum absolute atomic E-state index is 13.6. The number of nitrogens with zero attached hydrogens (tertiary/aromatic N) is 2. The van der Waals surface area contributed by atoms with Gasteiger partial charge in [0.25, 0.3) is 0 Å². The van der Waals surface area contributed by atoms with Crippen LogP contribution in [0.1, 0.15) is 0 Å². The maximum atomic E-state index is 13.6. The highest BCUT2D eigenvalue weighted by molar-refractivity contribution is 9.10. The monoisotopic (exact) mass is 388 g/mol. The molecule has 21 heavy (non-hydrogen) atoms. The fourth-order valence-corrected chi connectivity index (χ4v) is 3.13. The van der Waals surface area contributed by atoms with Crippen molar-refractivity contribution in [2.75, 3.05) is 5.43 Å². The van der Waals surface area contributed by atoms with E-state index in [1.54, 1.807) is 0 Å². The molecule has 0 radical (unpaired) electrons. The van der Waals surface area contributed by atoms with Gasteiger partial charge in [-0.05, 0) is 33.4 Å². The summed E-state index contributed by atoms with van der Waals surface area (Å²) in [6, 6.07) is 4.42. The molecule has 2 aromatic heterocycles. The van der Waals surface area contributed by atoms with Crippen molar-refractivity contribution in [3.05, 3.63) is 38.9 Å². The molecule has 3 aromatic rings. The number of hydrazine groups is 1. The second-order valence-corrected chi connectivity index (χ2v) is 6.09. The van der Waals surface area contributed by atoms with E-state index in [0.29, 0.717) is 14.7 Å². The van der Waals surface area contributed by atoms with Gasteiger partial charge in [-0.3, -0.25) is 5.43 Å². The molecule has 9 heteroatoms. The first-order chi connectivity index (χ1) is 10.1. The topological polar surface area (TPSA) is 73.1 Å². The van der Waals surface area contributed by atoms with Crippen LogP contribution in [0.3, 0.4) is 0 Å². The number of nitrogen functional groups attached to an aromatic ring is 1. The van der Waals surface area contributed by atoms with Crippen LogP contribution in [0.2, 0.25) is 5.02 Å². The van der Waals surface area contributed by atoms with Crippen LogP contribution in [0.5, 0.6) is 11.6 Å². The third-order valence-electron chi connectivity index (χ3n) is 2.60. The lowest BCUT2D eigenvalue weighted by Gasteiger charge is -2.09. The van der Waals surface area contributed by atoms with E-state index in [9.17, 15) is 4.39 Å². The molecule has 1 aromatic carbocycles. The van der Waals surface area contributed by atoms with Crippen LogP contribution in [0, 0.1) is 5.82 Å². The van der Waals surface area contributed by atoms with Crippen molar-refractivity contribution in [3.8, 4) is 11.6 Å². The average Bonchev–Trinajstić information content (AvgIpc) is 2.93. The van der Waals surface area contributed by atoms with Gasteiger partial charge < -0.3 is 4.74 Å². The minimum absolute atomic E-state index is 0.00177. The molecule has 0 aliphatic carbocycles. The Morgan fingerprint density at radius 2 is 2.19 bits per heavy atom. The van der Waals surface area contributed by atoms with Gasteiger partial charge in [-0.2, -0.15) is 4.98 Å². The zero-order chi connectivity index (χ0) is 15.0. The molecule has 0 spiro atoms. The van der Waals surface area contributed by atoms with E-state index in [1.165, 1.54) is 23.5 Å². The number of halogens is 3. The van der Waals surface area contributed by atoms with E-state index in [0.717, 1.165) is 0 Å². The normalized spacial score (nSPS) is 10.9. The summed E-state index contributed by atoms with van der Waals surface area (Å²) in [6.07, 6.45) is 0. The summed E-state index contributed by atoms with van der Waals surface area (Å²) in [5, 5.41) is 2.56. The maximum Gasteiger partial charge on any atom is 0.241 e. The first-order valence-corrected chi connectivity index (χ1v) is 7.68. The van der Waals surface area contributed by atoms with Crippen molar-refractivity contribution in [2.24, 2.45) is 5.84 Å². The Morgan fingerprint density at radius 3 is 2.95 bits per heavy atom. The first-order valence-electron chi connectivity index (χ1n) is 5.62. The molecule has 108 valence electrons. The van der Waals surface area contributed by atoms with Gasteiger partial charge in [0.15, 0.2) is 0 Å². The van der Waals surface area contributed by atoms with Gasteiger partial charge in [0.2, 0.25) is 11.8 Å². The van der Waals surface area contributed by atoms with Crippen LogP contribution < -0.4 is 16.0 Å². The molecule has 0 bridgehead atoms. The van der Waals surface area contributed by atoms with Crippen molar-refractivity contribution in [1.82, 2.24) is 9.97 Å². The number of nitrogens with one attached hydrogen (secondary N) is 1. The average molecular weight is 390 g/mol. The molecule has 0 amide bonds. The lowest BCUT2D eigenvalue weighted by atomic mass is 10.3. The molecule has 0 saturated carbocycles. The number of benzene rings is 1. The fraction of sp³-hybridized carbons (Fsp3) is 0. The largest absolute Gasteiger partial charge is 0.437 e. The zero-order valence-electron chi connectivity index (χ0n) is 10.2. The number of nitrogens with two attached hydrogens (primary N) is 1. The third kappa shape index (κ3) is 2.80. The van der Waals surface area contributed by atoms with E-state index in [-0.39, 0.29) is 22.6 Å². The van der Waals surface area contributed by atoms with Crippen molar-refractivity contribution < 1.29 is 9.13 Å². The number of ether oxygens (including phenoxy) is 1. The minimum atomic E-state index is -0.581. The molecule has 0 saturated heterocycles. The Kier molecular flexibility index (Phi) is 3.94. The summed E-state index contributed by atoms with van der Waals surface area (Å²) in [5.74, 6) is 5.50. The SMILES string of the molecule is NNc1nc(Oc2cc(F)c(Cl)cc2Br)c2ccsc2n1. The van der Waals surface area contributed by atoms with Crippen LogP contribution >= 0.6 is 38.9 Å². The van der Waals surface area contributed by atoms with Crippen LogP contribution in [0.25, 0.3) is 10.2 Å². The number of rotatable bonds is 3. The Morgan fingerprint density at radius 1 is 1.38 bits per heavy atom. The lowest BCUT2D eigenvalue weighted by molar-refractivity contribution is 0.461. The summed E-state index contributed by atoms with van der Waals surface area (Å²) in [6.45, 7) is 0. The van der Waals surface area contributed by atoms with Crippen LogP contribution in [-0.4, -0.2) is 9.97 Å². The first kappa shape index (κ1) is 14.5. The van der Waals surface area contributed by atoms with Gasteiger partial charge in [-0.15, -0.1) is 11.3 Å². The van der Waals surface area contributed by atoms with Crippen LogP contribution in [0.15, 0.2) is 28.1 Å². The summed E-state index contributed by atoms with van der Waals surface area (Å²) in [5.41, 5.74) is 2.37. The smallest absolute Gasteiger partial charge is 0.241 e. The molecule has 0 fully saturated rings. The minimum Gasteiger partial charge on any atom is -0.437 e. The van der Waals surface area contributed by atoms with E-state index in [4.69, 9.17) is 22.2 Å². The number of thiophene rings is 1. The van der Waals surface area contributed by atoms with Crippen LogP contribution in [-0.2, 0) is 0 Å². The number of aromatic nitrogens is 2. The molecular weight excluding hydrogens is 383 g/mol. The molecule has 3 rings (SSSR count). The van der Waals surface area contributed by atoms with Gasteiger partial charge in [0.1, 0.15) is 16.4 Å². The quantitative estimate of drug-likeness (QED) is 0.396. The summed E-state index contributed by atoms with van der Waals surface area (Å²) in [7, 11) is 0. The molecule has 0 unspecified atom stereocenters. The van der Waals surface area contributed by atoms with Gasteiger partial charge in [-0.25, -0.2) is 15.2 Å². The number of anilines is 1. The molecule has 2 heterocycles. The van der Waals surface area contributed by atoms with E-state index < -0.39 is 5.82 Å². The second-order valence-electron chi connectivity index (χ2n) is 3.93. The Balaban J connectivity index is 2.09. The molecule has 0 atom stereocenters. The van der Waals surface area contributed by atoms with Gasteiger partial charge in [0, 0.05) is 6.07 Å². The molecule has 3 N–H and O–H groups in total. The molecule has 0 aliphatic rings. The molecule has 5 nitrogen and oxygen atoms in total. The van der Waals surface area contributed by atoms with E-state index in [1.807, 2.05) is 11.4 Å². The van der Waals surface area contributed by atoms with Crippen molar-refractivity contribution in [1.29, 1.82) is 0 Å². The van der Waals surface area contributed by atoms with E-state index >= 15 is 0 Å². The highest BCUT2D eigenvalue weighted by atomic mass is 79.9. The van der Waals surface area contributed by atoms with E-state index in [2.05, 4.69) is 31.3 Å². The van der Waals surface area contributed by atoms with Crippen LogP contribution in [0.4, 0.5) is 10.3 Å². The lowest BCUT2D eigenvalue weighted by Crippen LogP contribution is -2.10. The predicted octanol–water partition coefficient (Wildman–Crippen LogP) is 4.32. The number of hydrogen-bond donors (Lipinski definition) is 2. The Hall–Kier alpha value is -1.48. The number of hydrogen-bond acceptors (Lipinski definition) is 6. The fourth-order valence-electron chi connectivity index (χ4n) is 1.66. The van der Waals surface area contributed by atoms with Crippen molar-refractivity contribution >= 4 is 55.0 Å². The summed E-state index contributed by atoms with van der Waals surface area (Å²) >= 11 is 10.4. The van der Waals surface area contributed by atoms with Gasteiger partial charge >= 0.3 is 0 Å². The zero-order valence-corrected chi connectivity index (χ0v) is 13.4. The van der Waals surface area contributed by atoms with Gasteiger partial charge in [0.05, 0.1) is 14.9 Å². The molecular formula is C12H7BrClFN4OS. The Labute approximate surface area is 136 Å². The van der Waals surface area contributed by atoms with Crippen molar-refractivity contribution in [2.45, 2.75) is 0 Å². The highest BCUT2D eigenvalue weighted by Gasteiger charge is 2.14. The number of fused-ring (bicyclic) bond motifs is 1. The molecule has 0 aliphatic heterocycles. The highest BCUT2D eigenvalue weighted by Crippen LogP contribution is 2.36. The summed E-state index contributed by atoms with van der Waals surface area (Å²) in [4.78, 5) is 9.04. The van der Waals surface area contributed by atoms with Gasteiger partial charge in [-0.1, -0.05) is 11.6 Å². The third-order valence-corrected chi connectivity index (χ3v) is 4.32. The Bertz CT molecular complexity index is 828. The second kappa shape index (κ2) is 5.72. The standard InChI is InChI=1S/C12H7BrClFN4OS/c13-6-3-7(14)8(15)4-9(6)20-10-5-1-2-21-11(5)18-12(17-10)19-16/h1-4H,16H2,(H,17,18,19). The summed E-state index contributed by atoms with van der Waals surface area (Å²) < 4.78 is 19.8.